The lowest BCUT2D eigenvalue weighted by atomic mass is 10.2. The number of nitrogens with one attached hydrogen (secondary N) is 1. The van der Waals surface area contributed by atoms with Crippen LogP contribution in [0.25, 0.3) is 10.2 Å². The fourth-order valence-electron chi connectivity index (χ4n) is 1.91. The second-order valence-corrected chi connectivity index (χ2v) is 5.56. The fraction of sp³-hybridized carbons (Fsp3) is 0.214. The van der Waals surface area contributed by atoms with Crippen molar-refractivity contribution in [1.29, 1.82) is 0 Å². The predicted octanol–water partition coefficient (Wildman–Crippen LogP) is 3.07. The Hall–Kier alpha value is -2.21. The van der Waals surface area contributed by atoms with Gasteiger partial charge in [-0.2, -0.15) is 5.10 Å². The van der Waals surface area contributed by atoms with Crippen molar-refractivity contribution in [2.24, 2.45) is 0 Å². The first-order chi connectivity index (χ1) is 9.65. The number of hydrogen-bond donors (Lipinski definition) is 1. The molecule has 1 aromatic carbocycles. The number of nitrogens with zero attached hydrogens (tertiary/aromatic N) is 3. The Morgan fingerprint density at radius 1 is 1.45 bits per heavy atom. The van der Waals surface area contributed by atoms with Crippen LogP contribution < -0.4 is 5.32 Å². The van der Waals surface area contributed by atoms with Gasteiger partial charge in [0.1, 0.15) is 0 Å². The molecule has 3 aromatic rings. The molecule has 0 fully saturated rings. The Bertz CT molecular complexity index is 774. The second kappa shape index (κ2) is 5.05. The zero-order valence-corrected chi connectivity index (χ0v) is 12.1. The topological polar surface area (TPSA) is 59.8 Å². The van der Waals surface area contributed by atoms with Gasteiger partial charge in [-0.05, 0) is 31.5 Å². The third kappa shape index (κ3) is 2.42. The van der Waals surface area contributed by atoms with Crippen LogP contribution in [0.1, 0.15) is 22.8 Å². The molecule has 2 aromatic heterocycles. The Labute approximate surface area is 120 Å². The van der Waals surface area contributed by atoms with Gasteiger partial charge in [0, 0.05) is 12.7 Å². The summed E-state index contributed by atoms with van der Waals surface area (Å²) >= 11 is 1.48. The molecular formula is C14H14N4OS. The average Bonchev–Trinajstić information content (AvgIpc) is 3.03. The number of benzene rings is 1. The van der Waals surface area contributed by atoms with Crippen LogP contribution in [0.15, 0.2) is 30.6 Å². The van der Waals surface area contributed by atoms with Crippen LogP contribution in [0.4, 0.5) is 5.13 Å². The van der Waals surface area contributed by atoms with Gasteiger partial charge in [0.25, 0.3) is 5.91 Å². The highest BCUT2D eigenvalue weighted by molar-refractivity contribution is 7.22. The Balaban J connectivity index is 1.83. The van der Waals surface area contributed by atoms with Crippen LogP contribution in [0.2, 0.25) is 0 Å². The summed E-state index contributed by atoms with van der Waals surface area (Å²) in [5.41, 5.74) is 2.63. The molecular weight excluding hydrogens is 272 g/mol. The molecule has 0 spiro atoms. The minimum absolute atomic E-state index is 0.180. The van der Waals surface area contributed by atoms with Gasteiger partial charge < -0.3 is 0 Å². The lowest BCUT2D eigenvalue weighted by Gasteiger charge is -1.97. The molecule has 0 aliphatic heterocycles. The van der Waals surface area contributed by atoms with E-state index < -0.39 is 0 Å². The van der Waals surface area contributed by atoms with E-state index in [-0.39, 0.29) is 5.91 Å². The molecule has 102 valence electrons. The maximum Gasteiger partial charge on any atom is 0.260 e. The van der Waals surface area contributed by atoms with E-state index in [1.165, 1.54) is 16.9 Å². The number of amides is 1. The summed E-state index contributed by atoms with van der Waals surface area (Å²) in [6.07, 6.45) is 3.29. The standard InChI is InChI=1S/C14H14N4OS/c1-3-18-8-10(7-15-18)13(19)17-14-16-11-5-4-9(2)6-12(11)20-14/h4-8H,3H2,1-2H3,(H,16,17,19). The van der Waals surface area contributed by atoms with Crippen molar-refractivity contribution < 1.29 is 4.79 Å². The molecule has 5 nitrogen and oxygen atoms in total. The van der Waals surface area contributed by atoms with E-state index in [1.807, 2.05) is 26.0 Å². The van der Waals surface area contributed by atoms with Crippen molar-refractivity contribution in [3.63, 3.8) is 0 Å². The van der Waals surface area contributed by atoms with Crippen molar-refractivity contribution in [2.75, 3.05) is 5.32 Å². The normalized spacial score (nSPS) is 10.9. The predicted molar refractivity (Wildman–Crippen MR) is 80.2 cm³/mol. The molecule has 3 rings (SSSR count). The Kier molecular flexibility index (Phi) is 3.23. The quantitative estimate of drug-likeness (QED) is 0.805. The largest absolute Gasteiger partial charge is 0.298 e. The molecule has 0 aliphatic carbocycles. The summed E-state index contributed by atoms with van der Waals surface area (Å²) in [4.78, 5) is 16.5. The molecule has 1 N–H and O–H groups in total. The molecule has 0 bridgehead atoms. The summed E-state index contributed by atoms with van der Waals surface area (Å²) in [5.74, 6) is -0.180. The van der Waals surface area contributed by atoms with E-state index in [4.69, 9.17) is 0 Å². The molecule has 20 heavy (non-hydrogen) atoms. The third-order valence-corrected chi connectivity index (χ3v) is 3.92. The summed E-state index contributed by atoms with van der Waals surface area (Å²) in [6, 6.07) is 6.04. The number of anilines is 1. The zero-order chi connectivity index (χ0) is 14.1. The minimum Gasteiger partial charge on any atom is -0.298 e. The SMILES string of the molecule is CCn1cc(C(=O)Nc2nc3ccc(C)cc3s2)cn1. The maximum absolute atomic E-state index is 12.1. The summed E-state index contributed by atoms with van der Waals surface area (Å²) in [6.45, 7) is 4.76. The van der Waals surface area contributed by atoms with Gasteiger partial charge in [0.2, 0.25) is 0 Å². The zero-order valence-electron chi connectivity index (χ0n) is 11.3. The molecule has 0 saturated heterocycles. The molecule has 0 saturated carbocycles. The molecule has 0 aliphatic rings. The van der Waals surface area contributed by atoms with Gasteiger partial charge >= 0.3 is 0 Å². The van der Waals surface area contributed by atoms with Crippen molar-refractivity contribution in [3.8, 4) is 0 Å². The van der Waals surface area contributed by atoms with Crippen LogP contribution in [0.5, 0.6) is 0 Å². The molecule has 0 atom stereocenters. The van der Waals surface area contributed by atoms with Gasteiger partial charge in [-0.15, -0.1) is 0 Å². The first-order valence-corrected chi connectivity index (χ1v) is 7.18. The number of aryl methyl sites for hydroxylation is 2. The van der Waals surface area contributed by atoms with E-state index in [2.05, 4.69) is 21.5 Å². The number of fused-ring (bicyclic) bond motifs is 1. The maximum atomic E-state index is 12.1. The van der Waals surface area contributed by atoms with Crippen molar-refractivity contribution in [2.45, 2.75) is 20.4 Å². The molecule has 0 unspecified atom stereocenters. The second-order valence-electron chi connectivity index (χ2n) is 4.53. The van der Waals surface area contributed by atoms with Gasteiger partial charge in [0.15, 0.2) is 5.13 Å². The van der Waals surface area contributed by atoms with E-state index in [0.29, 0.717) is 10.7 Å². The summed E-state index contributed by atoms with van der Waals surface area (Å²) < 4.78 is 2.79. The highest BCUT2D eigenvalue weighted by Gasteiger charge is 2.11. The molecule has 0 radical (unpaired) electrons. The average molecular weight is 286 g/mol. The van der Waals surface area contributed by atoms with Crippen molar-refractivity contribution >= 4 is 32.6 Å². The third-order valence-electron chi connectivity index (χ3n) is 2.98. The van der Waals surface area contributed by atoms with Gasteiger partial charge in [-0.1, -0.05) is 17.4 Å². The lowest BCUT2D eigenvalue weighted by molar-refractivity contribution is 0.102. The van der Waals surface area contributed by atoms with Gasteiger partial charge in [-0.25, -0.2) is 4.98 Å². The molecule has 1 amide bonds. The van der Waals surface area contributed by atoms with Crippen LogP contribution in [-0.4, -0.2) is 20.7 Å². The van der Waals surface area contributed by atoms with E-state index in [9.17, 15) is 4.79 Å². The van der Waals surface area contributed by atoms with Crippen molar-refractivity contribution in [1.82, 2.24) is 14.8 Å². The highest BCUT2D eigenvalue weighted by atomic mass is 32.1. The Morgan fingerprint density at radius 3 is 3.05 bits per heavy atom. The van der Waals surface area contributed by atoms with E-state index >= 15 is 0 Å². The van der Waals surface area contributed by atoms with Crippen LogP contribution in [0, 0.1) is 6.92 Å². The fourth-order valence-corrected chi connectivity index (χ4v) is 2.87. The number of carbonyl (C=O) groups is 1. The Morgan fingerprint density at radius 2 is 2.30 bits per heavy atom. The summed E-state index contributed by atoms with van der Waals surface area (Å²) in [5, 5.41) is 7.52. The minimum atomic E-state index is -0.180. The van der Waals surface area contributed by atoms with Crippen molar-refractivity contribution in [3.05, 3.63) is 41.7 Å². The number of aromatic nitrogens is 3. The van der Waals surface area contributed by atoms with Crippen LogP contribution >= 0.6 is 11.3 Å². The van der Waals surface area contributed by atoms with Gasteiger partial charge in [0.05, 0.1) is 22.0 Å². The number of rotatable bonds is 3. The molecule has 6 heteroatoms. The van der Waals surface area contributed by atoms with Crippen LogP contribution in [0.3, 0.4) is 0 Å². The first kappa shape index (κ1) is 12.8. The number of carbonyl (C=O) groups excluding carboxylic acids is 1. The summed E-state index contributed by atoms with van der Waals surface area (Å²) in [7, 11) is 0. The van der Waals surface area contributed by atoms with E-state index in [0.717, 1.165) is 16.8 Å². The number of thiazole rings is 1. The number of hydrogen-bond acceptors (Lipinski definition) is 4. The first-order valence-electron chi connectivity index (χ1n) is 6.36. The monoisotopic (exact) mass is 286 g/mol. The molecule has 2 heterocycles. The van der Waals surface area contributed by atoms with Crippen LogP contribution in [-0.2, 0) is 6.54 Å². The smallest absolute Gasteiger partial charge is 0.260 e. The van der Waals surface area contributed by atoms with Gasteiger partial charge in [-0.3, -0.25) is 14.8 Å². The van der Waals surface area contributed by atoms with E-state index in [1.54, 1.807) is 17.1 Å². The lowest BCUT2D eigenvalue weighted by Crippen LogP contribution is -2.10. The highest BCUT2D eigenvalue weighted by Crippen LogP contribution is 2.26.